The summed E-state index contributed by atoms with van der Waals surface area (Å²) in [5.74, 6) is -0.168. The normalized spacial score (nSPS) is 28.5. The molecule has 3 heteroatoms. The first-order valence-electron chi connectivity index (χ1n) is 8.29. The Balaban J connectivity index is 1.66. The van der Waals surface area contributed by atoms with E-state index in [0.29, 0.717) is 17.6 Å². The molecule has 0 amide bonds. The average molecular weight is 291 g/mol. The number of ether oxygens (including phenoxy) is 1. The van der Waals surface area contributed by atoms with E-state index in [2.05, 4.69) is 19.2 Å². The fourth-order valence-corrected chi connectivity index (χ4v) is 4.27. The molecule has 116 valence electrons. The van der Waals surface area contributed by atoms with Gasteiger partial charge in [0.05, 0.1) is 6.10 Å². The van der Waals surface area contributed by atoms with Crippen LogP contribution in [0.3, 0.4) is 0 Å². The van der Waals surface area contributed by atoms with Crippen LogP contribution in [0.15, 0.2) is 24.3 Å². The highest BCUT2D eigenvalue weighted by atomic mass is 19.1. The maximum atomic E-state index is 13.0. The minimum atomic E-state index is -0.168. The molecule has 0 aromatic heterocycles. The van der Waals surface area contributed by atoms with Crippen molar-refractivity contribution in [3.05, 3.63) is 35.6 Å². The van der Waals surface area contributed by atoms with Gasteiger partial charge in [-0.25, -0.2) is 4.39 Å². The van der Waals surface area contributed by atoms with Gasteiger partial charge < -0.3 is 10.1 Å². The molecule has 3 atom stereocenters. The Morgan fingerprint density at radius 2 is 1.95 bits per heavy atom. The number of hydrogen-bond donors (Lipinski definition) is 1. The number of halogens is 1. The lowest BCUT2D eigenvalue weighted by atomic mass is 9.60. The Labute approximate surface area is 127 Å². The fraction of sp³-hybridized carbons (Fsp3) is 0.667. The second-order valence-electron chi connectivity index (χ2n) is 6.61. The Morgan fingerprint density at radius 1 is 1.29 bits per heavy atom. The second-order valence-corrected chi connectivity index (χ2v) is 6.61. The van der Waals surface area contributed by atoms with Gasteiger partial charge in [0.15, 0.2) is 0 Å². The van der Waals surface area contributed by atoms with Crippen LogP contribution in [0.4, 0.5) is 4.39 Å². The summed E-state index contributed by atoms with van der Waals surface area (Å²) in [5.41, 5.74) is 1.51. The molecular formula is C18H26FNO. The van der Waals surface area contributed by atoms with Crippen LogP contribution in [-0.4, -0.2) is 18.8 Å². The van der Waals surface area contributed by atoms with E-state index in [1.807, 2.05) is 12.1 Å². The summed E-state index contributed by atoms with van der Waals surface area (Å²) in [7, 11) is 0. The summed E-state index contributed by atoms with van der Waals surface area (Å²) in [6.07, 6.45) is 6.76. The summed E-state index contributed by atoms with van der Waals surface area (Å²) >= 11 is 0. The van der Waals surface area contributed by atoms with E-state index < -0.39 is 0 Å². The second kappa shape index (κ2) is 6.05. The molecule has 2 fully saturated rings. The van der Waals surface area contributed by atoms with E-state index in [1.165, 1.54) is 25.7 Å². The van der Waals surface area contributed by atoms with Crippen molar-refractivity contribution in [3.8, 4) is 0 Å². The van der Waals surface area contributed by atoms with Crippen molar-refractivity contribution in [2.45, 2.75) is 64.1 Å². The summed E-state index contributed by atoms with van der Waals surface area (Å²) in [4.78, 5) is 0. The lowest BCUT2D eigenvalue weighted by Crippen LogP contribution is -2.63. The molecule has 1 spiro atoms. The van der Waals surface area contributed by atoms with Crippen molar-refractivity contribution < 1.29 is 9.13 Å². The zero-order valence-corrected chi connectivity index (χ0v) is 13.1. The van der Waals surface area contributed by atoms with Crippen LogP contribution >= 0.6 is 0 Å². The van der Waals surface area contributed by atoms with Gasteiger partial charge in [0.2, 0.25) is 0 Å². The molecule has 1 N–H and O–H groups in total. The molecule has 2 nitrogen and oxygen atoms in total. The van der Waals surface area contributed by atoms with E-state index in [0.717, 1.165) is 18.6 Å². The molecule has 2 unspecified atom stereocenters. The molecule has 2 aliphatic rings. The van der Waals surface area contributed by atoms with E-state index in [9.17, 15) is 4.39 Å². The molecular weight excluding hydrogens is 265 g/mol. The Morgan fingerprint density at radius 3 is 2.57 bits per heavy atom. The van der Waals surface area contributed by atoms with E-state index in [-0.39, 0.29) is 11.9 Å². The van der Waals surface area contributed by atoms with Gasteiger partial charge in [-0.05, 0) is 50.8 Å². The van der Waals surface area contributed by atoms with Crippen LogP contribution in [0.2, 0.25) is 0 Å². The third kappa shape index (κ3) is 2.74. The predicted octanol–water partition coefficient (Wildman–Crippen LogP) is 4.21. The van der Waals surface area contributed by atoms with Gasteiger partial charge in [0, 0.05) is 24.1 Å². The van der Waals surface area contributed by atoms with Crippen molar-refractivity contribution in [3.63, 3.8) is 0 Å². The zero-order chi connectivity index (χ0) is 14.9. The molecule has 2 aliphatic carbocycles. The highest BCUT2D eigenvalue weighted by molar-refractivity contribution is 5.20. The van der Waals surface area contributed by atoms with Gasteiger partial charge in [0.1, 0.15) is 5.82 Å². The fourth-order valence-electron chi connectivity index (χ4n) is 4.27. The maximum absolute atomic E-state index is 13.0. The van der Waals surface area contributed by atoms with E-state index in [4.69, 9.17) is 4.74 Å². The lowest BCUT2D eigenvalue weighted by Gasteiger charge is -2.55. The SMILES string of the molecule is CCOC1CC(N[C@H](C)c2ccc(F)cc2)C12CCCC2. The topological polar surface area (TPSA) is 21.3 Å². The van der Waals surface area contributed by atoms with Crippen LogP contribution in [0, 0.1) is 11.2 Å². The minimum Gasteiger partial charge on any atom is -0.378 e. The first kappa shape index (κ1) is 15.0. The van der Waals surface area contributed by atoms with Gasteiger partial charge in [-0.15, -0.1) is 0 Å². The number of rotatable bonds is 5. The number of hydrogen-bond acceptors (Lipinski definition) is 2. The Hall–Kier alpha value is -0.930. The van der Waals surface area contributed by atoms with Crippen molar-refractivity contribution in [2.75, 3.05) is 6.61 Å². The smallest absolute Gasteiger partial charge is 0.123 e. The molecule has 0 radical (unpaired) electrons. The largest absolute Gasteiger partial charge is 0.378 e. The molecule has 0 heterocycles. The van der Waals surface area contributed by atoms with E-state index in [1.54, 1.807) is 12.1 Å². The van der Waals surface area contributed by atoms with Crippen molar-refractivity contribution in [1.29, 1.82) is 0 Å². The average Bonchev–Trinajstić information content (AvgIpc) is 2.99. The highest BCUT2D eigenvalue weighted by Crippen LogP contribution is 2.55. The number of benzene rings is 1. The lowest BCUT2D eigenvalue weighted by molar-refractivity contribution is -0.132. The summed E-state index contributed by atoms with van der Waals surface area (Å²) in [5, 5.41) is 3.77. The van der Waals surface area contributed by atoms with Crippen LogP contribution in [0.25, 0.3) is 0 Å². The van der Waals surface area contributed by atoms with E-state index >= 15 is 0 Å². The minimum absolute atomic E-state index is 0.168. The van der Waals surface area contributed by atoms with Crippen molar-refractivity contribution in [1.82, 2.24) is 5.32 Å². The summed E-state index contributed by atoms with van der Waals surface area (Å²) < 4.78 is 19.0. The highest BCUT2D eigenvalue weighted by Gasteiger charge is 2.56. The molecule has 3 rings (SSSR count). The molecule has 0 saturated heterocycles. The van der Waals surface area contributed by atoms with Gasteiger partial charge in [-0.3, -0.25) is 0 Å². The zero-order valence-electron chi connectivity index (χ0n) is 13.1. The molecule has 2 saturated carbocycles. The summed E-state index contributed by atoms with van der Waals surface area (Å²) in [6.45, 7) is 5.07. The van der Waals surface area contributed by atoms with Crippen LogP contribution < -0.4 is 5.32 Å². The quantitative estimate of drug-likeness (QED) is 0.877. The standard InChI is InChI=1S/C18H26FNO/c1-3-21-17-12-16(18(17)10-4-5-11-18)20-13(2)14-6-8-15(19)9-7-14/h6-9,13,16-17,20H,3-5,10-12H2,1-2H3/t13-,16?,17?/m1/s1. The predicted molar refractivity (Wildman–Crippen MR) is 82.7 cm³/mol. The van der Waals surface area contributed by atoms with Gasteiger partial charge >= 0.3 is 0 Å². The third-order valence-corrected chi connectivity index (χ3v) is 5.51. The maximum Gasteiger partial charge on any atom is 0.123 e. The number of nitrogens with one attached hydrogen (secondary N) is 1. The molecule has 21 heavy (non-hydrogen) atoms. The summed E-state index contributed by atoms with van der Waals surface area (Å²) in [6, 6.07) is 7.65. The van der Waals surface area contributed by atoms with Crippen molar-refractivity contribution in [2.24, 2.45) is 5.41 Å². The Kier molecular flexibility index (Phi) is 4.32. The molecule has 1 aromatic carbocycles. The Bertz CT molecular complexity index is 467. The van der Waals surface area contributed by atoms with Crippen LogP contribution in [0.1, 0.15) is 57.6 Å². The third-order valence-electron chi connectivity index (χ3n) is 5.51. The first-order chi connectivity index (χ1) is 10.2. The van der Waals surface area contributed by atoms with Crippen LogP contribution in [-0.2, 0) is 4.74 Å². The van der Waals surface area contributed by atoms with Gasteiger partial charge in [-0.2, -0.15) is 0 Å². The molecule has 1 aromatic rings. The van der Waals surface area contributed by atoms with Crippen LogP contribution in [0.5, 0.6) is 0 Å². The van der Waals surface area contributed by atoms with Gasteiger partial charge in [0.25, 0.3) is 0 Å². The molecule has 0 aliphatic heterocycles. The monoisotopic (exact) mass is 291 g/mol. The van der Waals surface area contributed by atoms with Gasteiger partial charge in [-0.1, -0.05) is 25.0 Å². The molecule has 0 bridgehead atoms. The first-order valence-corrected chi connectivity index (χ1v) is 8.29. The van der Waals surface area contributed by atoms with Crippen molar-refractivity contribution >= 4 is 0 Å².